The van der Waals surface area contributed by atoms with Crippen LogP contribution in [0.2, 0.25) is 0 Å². The van der Waals surface area contributed by atoms with Gasteiger partial charge >= 0.3 is 0 Å². The SMILES string of the molecule is CC/C=C/CNC1CCNC1. The van der Waals surface area contributed by atoms with Crippen LogP contribution >= 0.6 is 0 Å². The second-order valence-corrected chi connectivity index (χ2v) is 2.98. The number of nitrogens with one attached hydrogen (secondary N) is 2. The largest absolute Gasteiger partial charge is 0.315 e. The Morgan fingerprint density at radius 1 is 1.55 bits per heavy atom. The molecule has 2 heteroatoms. The van der Waals surface area contributed by atoms with E-state index in [1.165, 1.54) is 13.0 Å². The van der Waals surface area contributed by atoms with E-state index >= 15 is 0 Å². The van der Waals surface area contributed by atoms with Gasteiger partial charge in [-0.3, -0.25) is 0 Å². The van der Waals surface area contributed by atoms with Crippen LogP contribution in [0, 0.1) is 0 Å². The van der Waals surface area contributed by atoms with Gasteiger partial charge in [0.1, 0.15) is 0 Å². The Balaban J connectivity index is 1.97. The first-order valence-electron chi connectivity index (χ1n) is 4.52. The summed E-state index contributed by atoms with van der Waals surface area (Å²) in [5, 5.41) is 6.79. The van der Waals surface area contributed by atoms with E-state index in [-0.39, 0.29) is 0 Å². The van der Waals surface area contributed by atoms with Crippen LogP contribution in [0.4, 0.5) is 0 Å². The predicted octanol–water partition coefficient (Wildman–Crippen LogP) is 0.904. The summed E-state index contributed by atoms with van der Waals surface area (Å²) in [6.45, 7) is 5.50. The summed E-state index contributed by atoms with van der Waals surface area (Å²) in [5.74, 6) is 0. The number of allylic oxidation sites excluding steroid dienone is 1. The van der Waals surface area contributed by atoms with Gasteiger partial charge in [-0.15, -0.1) is 0 Å². The highest BCUT2D eigenvalue weighted by Gasteiger charge is 2.11. The van der Waals surface area contributed by atoms with Crippen LogP contribution in [0.15, 0.2) is 12.2 Å². The molecule has 0 aliphatic carbocycles. The van der Waals surface area contributed by atoms with Gasteiger partial charge in [-0.05, 0) is 19.4 Å². The fourth-order valence-corrected chi connectivity index (χ4v) is 1.31. The maximum absolute atomic E-state index is 3.47. The molecule has 64 valence electrons. The Morgan fingerprint density at radius 2 is 2.45 bits per heavy atom. The molecule has 0 aromatic rings. The van der Waals surface area contributed by atoms with Crippen molar-refractivity contribution in [3.8, 4) is 0 Å². The summed E-state index contributed by atoms with van der Waals surface area (Å²) in [7, 11) is 0. The number of rotatable bonds is 4. The molecule has 0 aromatic heterocycles. The highest BCUT2D eigenvalue weighted by molar-refractivity contribution is 4.86. The maximum Gasteiger partial charge on any atom is 0.0207 e. The molecule has 0 radical (unpaired) electrons. The summed E-state index contributed by atoms with van der Waals surface area (Å²) in [6, 6.07) is 0.705. The minimum atomic E-state index is 0.705. The van der Waals surface area contributed by atoms with Crippen molar-refractivity contribution in [3.63, 3.8) is 0 Å². The van der Waals surface area contributed by atoms with Crippen molar-refractivity contribution in [2.45, 2.75) is 25.8 Å². The van der Waals surface area contributed by atoms with Crippen LogP contribution in [0.1, 0.15) is 19.8 Å². The molecule has 0 bridgehead atoms. The van der Waals surface area contributed by atoms with Crippen molar-refractivity contribution in [3.05, 3.63) is 12.2 Å². The molecule has 2 N–H and O–H groups in total. The monoisotopic (exact) mass is 154 g/mol. The van der Waals surface area contributed by atoms with Gasteiger partial charge in [0.25, 0.3) is 0 Å². The predicted molar refractivity (Wildman–Crippen MR) is 48.7 cm³/mol. The summed E-state index contributed by atoms with van der Waals surface area (Å²) in [5.41, 5.74) is 0. The summed E-state index contributed by atoms with van der Waals surface area (Å²) in [4.78, 5) is 0. The number of hydrogen-bond donors (Lipinski definition) is 2. The Morgan fingerprint density at radius 3 is 3.09 bits per heavy atom. The first-order valence-corrected chi connectivity index (χ1v) is 4.52. The molecule has 0 spiro atoms. The molecular weight excluding hydrogens is 136 g/mol. The van der Waals surface area contributed by atoms with Gasteiger partial charge in [-0.2, -0.15) is 0 Å². The van der Waals surface area contributed by atoms with Gasteiger partial charge in [0, 0.05) is 19.1 Å². The summed E-state index contributed by atoms with van der Waals surface area (Å²) >= 11 is 0. The van der Waals surface area contributed by atoms with Gasteiger partial charge in [0.05, 0.1) is 0 Å². The van der Waals surface area contributed by atoms with Crippen LogP contribution in [0.25, 0.3) is 0 Å². The van der Waals surface area contributed by atoms with Gasteiger partial charge in [0.2, 0.25) is 0 Å². The topological polar surface area (TPSA) is 24.1 Å². The van der Waals surface area contributed by atoms with Crippen LogP contribution in [0.5, 0.6) is 0 Å². The molecule has 2 nitrogen and oxygen atoms in total. The van der Waals surface area contributed by atoms with Gasteiger partial charge in [-0.1, -0.05) is 19.1 Å². The second-order valence-electron chi connectivity index (χ2n) is 2.98. The van der Waals surface area contributed by atoms with E-state index in [1.54, 1.807) is 0 Å². The average molecular weight is 154 g/mol. The molecular formula is C9H18N2. The maximum atomic E-state index is 3.47. The molecule has 0 amide bonds. The third kappa shape index (κ3) is 3.54. The molecule has 1 rings (SSSR count). The van der Waals surface area contributed by atoms with E-state index < -0.39 is 0 Å². The van der Waals surface area contributed by atoms with Crippen molar-refractivity contribution < 1.29 is 0 Å². The average Bonchev–Trinajstić information content (AvgIpc) is 2.50. The minimum Gasteiger partial charge on any atom is -0.315 e. The Labute approximate surface area is 69.1 Å². The molecule has 11 heavy (non-hydrogen) atoms. The van der Waals surface area contributed by atoms with Gasteiger partial charge < -0.3 is 10.6 Å². The van der Waals surface area contributed by atoms with Gasteiger partial charge in [0.15, 0.2) is 0 Å². The summed E-state index contributed by atoms with van der Waals surface area (Å²) in [6.07, 6.45) is 6.83. The summed E-state index contributed by atoms with van der Waals surface area (Å²) < 4.78 is 0. The first kappa shape index (κ1) is 8.75. The molecule has 0 aromatic carbocycles. The highest BCUT2D eigenvalue weighted by Crippen LogP contribution is 1.95. The molecule has 1 heterocycles. The van der Waals surface area contributed by atoms with Crippen molar-refractivity contribution in [2.24, 2.45) is 0 Å². The quantitative estimate of drug-likeness (QED) is 0.588. The standard InChI is InChI=1S/C9H18N2/c1-2-3-4-6-11-9-5-7-10-8-9/h3-4,9-11H,2,5-8H2,1H3/b4-3+. The van der Waals surface area contributed by atoms with E-state index in [4.69, 9.17) is 0 Å². The normalized spacial score (nSPS) is 25.0. The fourth-order valence-electron chi connectivity index (χ4n) is 1.31. The molecule has 1 aliphatic rings. The van der Waals surface area contributed by atoms with Crippen molar-refractivity contribution in [1.29, 1.82) is 0 Å². The van der Waals surface area contributed by atoms with Crippen molar-refractivity contribution in [2.75, 3.05) is 19.6 Å². The lowest BCUT2D eigenvalue weighted by atomic mass is 10.2. The lowest BCUT2D eigenvalue weighted by Gasteiger charge is -2.07. The Kier molecular flexibility index (Phi) is 4.24. The van der Waals surface area contributed by atoms with Crippen molar-refractivity contribution in [1.82, 2.24) is 10.6 Å². The van der Waals surface area contributed by atoms with Crippen LogP contribution < -0.4 is 10.6 Å². The first-order chi connectivity index (χ1) is 5.43. The van der Waals surface area contributed by atoms with E-state index in [0.29, 0.717) is 6.04 Å². The fraction of sp³-hybridized carbons (Fsp3) is 0.778. The van der Waals surface area contributed by atoms with Crippen molar-refractivity contribution >= 4 is 0 Å². The Hall–Kier alpha value is -0.340. The Bertz CT molecular complexity index is 115. The van der Waals surface area contributed by atoms with E-state index in [1.807, 2.05) is 0 Å². The second kappa shape index (κ2) is 5.33. The molecule has 1 saturated heterocycles. The highest BCUT2D eigenvalue weighted by atomic mass is 15.0. The molecule has 0 saturated carbocycles. The van der Waals surface area contributed by atoms with E-state index in [2.05, 4.69) is 29.7 Å². The third-order valence-corrected chi connectivity index (χ3v) is 1.99. The zero-order valence-electron chi connectivity index (χ0n) is 7.27. The lowest BCUT2D eigenvalue weighted by Crippen LogP contribution is -2.30. The lowest BCUT2D eigenvalue weighted by molar-refractivity contribution is 0.582. The van der Waals surface area contributed by atoms with Crippen LogP contribution in [0.3, 0.4) is 0 Å². The minimum absolute atomic E-state index is 0.705. The van der Waals surface area contributed by atoms with E-state index in [9.17, 15) is 0 Å². The zero-order chi connectivity index (χ0) is 7.94. The van der Waals surface area contributed by atoms with Gasteiger partial charge in [-0.25, -0.2) is 0 Å². The van der Waals surface area contributed by atoms with Crippen LogP contribution in [-0.4, -0.2) is 25.7 Å². The third-order valence-electron chi connectivity index (χ3n) is 1.99. The molecule has 1 unspecified atom stereocenters. The molecule has 1 aliphatic heterocycles. The zero-order valence-corrected chi connectivity index (χ0v) is 7.27. The smallest absolute Gasteiger partial charge is 0.0207 e. The van der Waals surface area contributed by atoms with E-state index in [0.717, 1.165) is 19.5 Å². The van der Waals surface area contributed by atoms with Crippen LogP contribution in [-0.2, 0) is 0 Å². The molecule has 1 atom stereocenters. The molecule has 1 fully saturated rings. The number of hydrogen-bond acceptors (Lipinski definition) is 2.